The van der Waals surface area contributed by atoms with E-state index in [0.717, 1.165) is 21.8 Å². The number of hydrazine groups is 1. The Bertz CT molecular complexity index is 801. The number of nitrogens with zero attached hydrogens (tertiary/aromatic N) is 3. The number of nitrogens with one attached hydrogen (secondary N) is 2. The summed E-state index contributed by atoms with van der Waals surface area (Å²) in [6.07, 6.45) is 1.53. The minimum absolute atomic E-state index is 0.0346. The summed E-state index contributed by atoms with van der Waals surface area (Å²) in [7, 11) is 0. The number of rotatable bonds is 4. The van der Waals surface area contributed by atoms with Crippen molar-refractivity contribution in [1.82, 2.24) is 15.4 Å². The maximum absolute atomic E-state index is 12.2. The van der Waals surface area contributed by atoms with Gasteiger partial charge in [-0.05, 0) is 38.0 Å². The summed E-state index contributed by atoms with van der Waals surface area (Å²) < 4.78 is 2.67. The molecule has 2 aromatic rings. The second-order valence-corrected chi connectivity index (χ2v) is 6.92. The molecule has 1 amide bonds. The molecule has 1 aromatic heterocycles. The van der Waals surface area contributed by atoms with Gasteiger partial charge in [-0.2, -0.15) is 0 Å². The molecule has 0 aliphatic carbocycles. The Kier molecular flexibility index (Phi) is 4.98. The number of aromatic nitrogens is 1. The van der Waals surface area contributed by atoms with Crippen molar-refractivity contribution in [2.75, 3.05) is 0 Å². The Hall–Kier alpha value is -1.77. The van der Waals surface area contributed by atoms with Crippen LogP contribution in [0.25, 0.3) is 10.9 Å². The molecule has 8 heteroatoms. The Morgan fingerprint density at radius 1 is 1.46 bits per heavy atom. The first-order valence-electron chi connectivity index (χ1n) is 7.98. The first-order chi connectivity index (χ1) is 11.5. The number of hydrogen-bond donors (Lipinski definition) is 3. The highest BCUT2D eigenvalue weighted by Gasteiger charge is 2.27. The number of carbonyl (C=O) groups excluding carboxylic acids is 1. The van der Waals surface area contributed by atoms with Crippen molar-refractivity contribution in [3.05, 3.63) is 22.7 Å². The van der Waals surface area contributed by atoms with E-state index < -0.39 is 0 Å². The zero-order chi connectivity index (χ0) is 17.3. The Morgan fingerprint density at radius 3 is 2.92 bits per heavy atom. The number of fused-ring (bicyclic) bond motifs is 1. The van der Waals surface area contributed by atoms with Crippen LogP contribution in [0.4, 0.5) is 5.69 Å². The number of aryl methyl sites for hydroxylation is 1. The maximum Gasteiger partial charge on any atom is 0.282 e. The lowest BCUT2D eigenvalue weighted by atomic mass is 10.1. The lowest BCUT2D eigenvalue weighted by Gasteiger charge is -2.04. The van der Waals surface area contributed by atoms with Crippen LogP contribution < -0.4 is 10.9 Å². The average molecular weight is 394 g/mol. The van der Waals surface area contributed by atoms with Crippen LogP contribution in [0.2, 0.25) is 0 Å². The van der Waals surface area contributed by atoms with Crippen LogP contribution >= 0.6 is 15.9 Å². The van der Waals surface area contributed by atoms with Crippen LogP contribution in [0.5, 0.6) is 5.88 Å². The summed E-state index contributed by atoms with van der Waals surface area (Å²) in [6, 6.07) is 5.53. The molecule has 1 aliphatic rings. The van der Waals surface area contributed by atoms with Gasteiger partial charge in [0.15, 0.2) is 5.69 Å². The first-order valence-corrected chi connectivity index (χ1v) is 8.78. The Labute approximate surface area is 148 Å². The van der Waals surface area contributed by atoms with Gasteiger partial charge in [-0.25, -0.2) is 5.43 Å². The topological polar surface area (TPSA) is 91.0 Å². The quantitative estimate of drug-likeness (QED) is 0.694. The third kappa shape index (κ3) is 3.22. The summed E-state index contributed by atoms with van der Waals surface area (Å²) in [4.78, 5) is 12.2. The molecular formula is C16H20BrN5O2. The molecule has 2 atom stereocenters. The highest BCUT2D eigenvalue weighted by Crippen LogP contribution is 2.40. The maximum atomic E-state index is 12.2. The smallest absolute Gasteiger partial charge is 0.282 e. The van der Waals surface area contributed by atoms with Gasteiger partial charge in [0.05, 0.1) is 5.52 Å². The van der Waals surface area contributed by atoms with Gasteiger partial charge in [0.2, 0.25) is 5.88 Å². The summed E-state index contributed by atoms with van der Waals surface area (Å²) in [5.41, 5.74) is 7.08. The number of halogens is 1. The zero-order valence-electron chi connectivity index (χ0n) is 13.6. The zero-order valence-corrected chi connectivity index (χ0v) is 15.2. The molecule has 0 saturated carbocycles. The van der Waals surface area contributed by atoms with Crippen LogP contribution in [0.15, 0.2) is 32.9 Å². The molecule has 1 aliphatic heterocycles. The predicted molar refractivity (Wildman–Crippen MR) is 95.3 cm³/mol. The minimum atomic E-state index is -0.387. The standard InChI is InChI=1S/C16H20BrN5O2/c1-3-6-22-13-5-4-10(17)8-11(13)14(16(22)24)20-21-15(23)12-7-9(2)18-19-12/h4-5,8-9,12,18-19,24H,3,6-7H2,1-2H3. The number of aromatic hydroxyl groups is 1. The lowest BCUT2D eigenvalue weighted by molar-refractivity contribution is -0.120. The van der Waals surface area contributed by atoms with E-state index in [-0.39, 0.29) is 23.9 Å². The van der Waals surface area contributed by atoms with Crippen molar-refractivity contribution in [1.29, 1.82) is 0 Å². The van der Waals surface area contributed by atoms with E-state index in [1.165, 1.54) is 0 Å². The van der Waals surface area contributed by atoms with Crippen LogP contribution in [0.3, 0.4) is 0 Å². The van der Waals surface area contributed by atoms with E-state index in [1.807, 2.05) is 32.0 Å². The van der Waals surface area contributed by atoms with Crippen molar-refractivity contribution < 1.29 is 9.90 Å². The molecule has 1 aromatic carbocycles. The molecular weight excluding hydrogens is 374 g/mol. The molecule has 3 N–H and O–H groups in total. The van der Waals surface area contributed by atoms with E-state index >= 15 is 0 Å². The van der Waals surface area contributed by atoms with E-state index in [2.05, 4.69) is 37.0 Å². The molecule has 1 fully saturated rings. The Morgan fingerprint density at radius 2 is 2.25 bits per heavy atom. The summed E-state index contributed by atoms with van der Waals surface area (Å²) >= 11 is 3.43. The summed E-state index contributed by atoms with van der Waals surface area (Å²) in [6.45, 7) is 4.69. The van der Waals surface area contributed by atoms with E-state index in [9.17, 15) is 9.90 Å². The van der Waals surface area contributed by atoms with Crippen LogP contribution in [0, 0.1) is 0 Å². The van der Waals surface area contributed by atoms with Gasteiger partial charge in [0.1, 0.15) is 6.04 Å². The Balaban J connectivity index is 1.96. The van der Waals surface area contributed by atoms with Gasteiger partial charge in [-0.3, -0.25) is 10.2 Å². The normalized spacial score (nSPS) is 21.1. The van der Waals surface area contributed by atoms with Gasteiger partial charge in [0, 0.05) is 22.4 Å². The van der Waals surface area contributed by atoms with E-state index in [1.54, 1.807) is 4.57 Å². The van der Waals surface area contributed by atoms with Gasteiger partial charge in [0.25, 0.3) is 5.91 Å². The lowest BCUT2D eigenvalue weighted by Crippen LogP contribution is -2.36. The van der Waals surface area contributed by atoms with Crippen molar-refractivity contribution in [2.24, 2.45) is 10.2 Å². The molecule has 0 bridgehead atoms. The van der Waals surface area contributed by atoms with Crippen molar-refractivity contribution >= 4 is 38.4 Å². The SMILES string of the molecule is CCCn1c(O)c(N=NC(=O)C2CC(C)NN2)c2cc(Br)ccc21. The highest BCUT2D eigenvalue weighted by molar-refractivity contribution is 9.10. The third-order valence-corrected chi connectivity index (χ3v) is 4.55. The molecule has 2 unspecified atom stereocenters. The molecule has 24 heavy (non-hydrogen) atoms. The summed E-state index contributed by atoms with van der Waals surface area (Å²) in [5, 5.41) is 19.2. The fraction of sp³-hybridized carbons (Fsp3) is 0.438. The number of hydrogen-bond acceptors (Lipinski definition) is 5. The van der Waals surface area contributed by atoms with Gasteiger partial charge < -0.3 is 9.67 Å². The number of benzene rings is 1. The largest absolute Gasteiger partial charge is 0.493 e. The fourth-order valence-corrected chi connectivity index (χ4v) is 3.25. The molecule has 3 rings (SSSR count). The molecule has 128 valence electrons. The molecule has 0 radical (unpaired) electrons. The molecule has 1 saturated heterocycles. The van der Waals surface area contributed by atoms with Gasteiger partial charge in [-0.1, -0.05) is 22.9 Å². The number of azo groups is 1. The second-order valence-electron chi connectivity index (χ2n) is 6.00. The van der Waals surface area contributed by atoms with Crippen LogP contribution in [0.1, 0.15) is 26.7 Å². The second kappa shape index (κ2) is 7.00. The van der Waals surface area contributed by atoms with Crippen molar-refractivity contribution in [2.45, 2.75) is 45.3 Å². The molecule has 0 spiro atoms. The van der Waals surface area contributed by atoms with E-state index in [4.69, 9.17) is 0 Å². The predicted octanol–water partition coefficient (Wildman–Crippen LogP) is 3.38. The van der Waals surface area contributed by atoms with Gasteiger partial charge in [-0.15, -0.1) is 10.2 Å². The first kappa shape index (κ1) is 17.1. The number of carbonyl (C=O) groups is 1. The molecule has 2 heterocycles. The van der Waals surface area contributed by atoms with E-state index in [0.29, 0.717) is 18.7 Å². The number of amides is 1. The van der Waals surface area contributed by atoms with Crippen molar-refractivity contribution in [3.8, 4) is 5.88 Å². The summed E-state index contributed by atoms with van der Waals surface area (Å²) in [5.74, 6) is -0.315. The molecule has 7 nitrogen and oxygen atoms in total. The van der Waals surface area contributed by atoms with Crippen LogP contribution in [-0.4, -0.2) is 27.7 Å². The van der Waals surface area contributed by atoms with Crippen LogP contribution in [-0.2, 0) is 11.3 Å². The third-order valence-electron chi connectivity index (χ3n) is 4.06. The van der Waals surface area contributed by atoms with Gasteiger partial charge >= 0.3 is 0 Å². The highest BCUT2D eigenvalue weighted by atomic mass is 79.9. The monoisotopic (exact) mass is 393 g/mol. The minimum Gasteiger partial charge on any atom is -0.493 e. The van der Waals surface area contributed by atoms with Crippen molar-refractivity contribution in [3.63, 3.8) is 0 Å². The fourth-order valence-electron chi connectivity index (χ4n) is 2.89. The average Bonchev–Trinajstić information content (AvgIpc) is 3.09.